The largest absolute Gasteiger partial charge is 0.326 e. The van der Waals surface area contributed by atoms with Crippen molar-refractivity contribution < 1.29 is 4.39 Å². The fraction of sp³-hybridized carbons (Fsp3) is 0.435. The van der Waals surface area contributed by atoms with Gasteiger partial charge in [-0.3, -0.25) is 9.80 Å². The van der Waals surface area contributed by atoms with Crippen LogP contribution in [0.15, 0.2) is 48.8 Å². The van der Waals surface area contributed by atoms with E-state index in [9.17, 15) is 4.39 Å². The molecule has 0 aliphatic carbocycles. The average molecular weight is 378 g/mol. The lowest BCUT2D eigenvalue weighted by Crippen LogP contribution is -2.18. The lowest BCUT2D eigenvalue weighted by atomic mass is 10.1. The summed E-state index contributed by atoms with van der Waals surface area (Å²) in [6, 6.07) is 14.6. The molecular weight excluding hydrogens is 351 g/mol. The van der Waals surface area contributed by atoms with Gasteiger partial charge in [0, 0.05) is 38.3 Å². The molecule has 3 fully saturated rings. The summed E-state index contributed by atoms with van der Waals surface area (Å²) in [4.78, 5) is 9.26. The van der Waals surface area contributed by atoms with Crippen molar-refractivity contribution in [1.29, 1.82) is 0 Å². The van der Waals surface area contributed by atoms with Crippen molar-refractivity contribution in [1.82, 2.24) is 19.4 Å². The van der Waals surface area contributed by atoms with Gasteiger partial charge in [-0.2, -0.15) is 0 Å². The Morgan fingerprint density at radius 1 is 0.929 bits per heavy atom. The number of hydrogen-bond donors (Lipinski definition) is 0. The fourth-order valence-electron chi connectivity index (χ4n) is 4.21. The number of likely N-dealkylation sites (tertiary alicyclic amines) is 1. The molecule has 28 heavy (non-hydrogen) atoms. The van der Waals surface area contributed by atoms with E-state index in [1.54, 1.807) is 12.4 Å². The van der Waals surface area contributed by atoms with Gasteiger partial charge in [-0.15, -0.1) is 0 Å². The van der Waals surface area contributed by atoms with E-state index in [1.165, 1.54) is 68.7 Å². The van der Waals surface area contributed by atoms with Gasteiger partial charge in [0.15, 0.2) is 0 Å². The van der Waals surface area contributed by atoms with Gasteiger partial charge in [0.2, 0.25) is 0 Å². The molecule has 0 N–H and O–H groups in total. The van der Waals surface area contributed by atoms with Gasteiger partial charge in [0.05, 0.1) is 17.4 Å². The van der Waals surface area contributed by atoms with Gasteiger partial charge in [-0.05, 0) is 55.6 Å². The molecule has 2 atom stereocenters. The third-order valence-corrected chi connectivity index (χ3v) is 6.14. The highest BCUT2D eigenvalue weighted by Gasteiger charge is 2.41. The van der Waals surface area contributed by atoms with Crippen molar-refractivity contribution in [2.45, 2.75) is 38.4 Å². The summed E-state index contributed by atoms with van der Waals surface area (Å²) in [6.07, 6.45) is 5.92. The van der Waals surface area contributed by atoms with Crippen molar-refractivity contribution >= 4 is 11.0 Å². The number of halogens is 1. The molecule has 146 valence electrons. The number of benzene rings is 2. The van der Waals surface area contributed by atoms with Crippen LogP contribution in [0, 0.1) is 5.82 Å². The zero-order chi connectivity index (χ0) is 18.9. The van der Waals surface area contributed by atoms with Crippen LogP contribution in [0.3, 0.4) is 0 Å². The van der Waals surface area contributed by atoms with Crippen LogP contribution < -0.4 is 0 Å². The SMILES string of the molecule is C1CN2CC12.Fc1ccc2c(c1)ncn2Cc1ccc(CN2CCCC2)cc1. The van der Waals surface area contributed by atoms with Crippen molar-refractivity contribution in [3.8, 4) is 0 Å². The fourth-order valence-corrected chi connectivity index (χ4v) is 4.21. The maximum Gasteiger partial charge on any atom is 0.125 e. The van der Waals surface area contributed by atoms with E-state index in [2.05, 4.69) is 43.6 Å². The number of fused-ring (bicyclic) bond motifs is 2. The first kappa shape index (κ1) is 17.8. The number of imidazole rings is 1. The second-order valence-electron chi connectivity index (χ2n) is 8.24. The minimum atomic E-state index is -0.242. The summed E-state index contributed by atoms with van der Waals surface area (Å²) in [6.45, 7) is 7.06. The van der Waals surface area contributed by atoms with E-state index in [4.69, 9.17) is 0 Å². The highest BCUT2D eigenvalue weighted by Crippen LogP contribution is 2.30. The van der Waals surface area contributed by atoms with Gasteiger partial charge in [0.25, 0.3) is 0 Å². The Labute approximate surface area is 165 Å². The Bertz CT molecular complexity index is 931. The molecule has 2 unspecified atom stereocenters. The second-order valence-corrected chi connectivity index (χ2v) is 8.24. The summed E-state index contributed by atoms with van der Waals surface area (Å²) in [5, 5.41) is 0. The van der Waals surface area contributed by atoms with Crippen LogP contribution in [-0.2, 0) is 13.1 Å². The van der Waals surface area contributed by atoms with Crippen LogP contribution in [0.1, 0.15) is 30.4 Å². The van der Waals surface area contributed by atoms with Gasteiger partial charge in [-0.1, -0.05) is 24.3 Å². The molecule has 3 aliphatic heterocycles. The van der Waals surface area contributed by atoms with Crippen molar-refractivity contribution in [3.05, 3.63) is 65.7 Å². The molecule has 0 radical (unpaired) electrons. The second kappa shape index (κ2) is 7.64. The maximum absolute atomic E-state index is 13.2. The Morgan fingerprint density at radius 3 is 2.25 bits per heavy atom. The van der Waals surface area contributed by atoms with Gasteiger partial charge in [-0.25, -0.2) is 9.37 Å². The van der Waals surface area contributed by atoms with E-state index in [-0.39, 0.29) is 5.82 Å². The zero-order valence-corrected chi connectivity index (χ0v) is 16.2. The third-order valence-electron chi connectivity index (χ3n) is 6.14. The highest BCUT2D eigenvalue weighted by molar-refractivity contribution is 5.75. The smallest absolute Gasteiger partial charge is 0.125 e. The third kappa shape index (κ3) is 3.96. The summed E-state index contributed by atoms with van der Waals surface area (Å²) in [5.41, 5.74) is 4.27. The minimum Gasteiger partial charge on any atom is -0.326 e. The van der Waals surface area contributed by atoms with Crippen LogP contribution in [0.4, 0.5) is 4.39 Å². The molecule has 3 saturated heterocycles. The van der Waals surface area contributed by atoms with Gasteiger partial charge >= 0.3 is 0 Å². The van der Waals surface area contributed by atoms with E-state index >= 15 is 0 Å². The lowest BCUT2D eigenvalue weighted by Gasteiger charge is -2.14. The van der Waals surface area contributed by atoms with Crippen molar-refractivity contribution in [2.24, 2.45) is 0 Å². The zero-order valence-electron chi connectivity index (χ0n) is 16.2. The summed E-state index contributed by atoms with van der Waals surface area (Å²) in [5.74, 6) is -0.242. The monoisotopic (exact) mass is 378 g/mol. The lowest BCUT2D eigenvalue weighted by molar-refractivity contribution is 0.331. The average Bonchev–Trinajstić information content (AvgIpc) is 3.08. The van der Waals surface area contributed by atoms with Crippen LogP contribution >= 0.6 is 0 Å². The quantitative estimate of drug-likeness (QED) is 0.644. The molecule has 4 heterocycles. The minimum absolute atomic E-state index is 0.242. The van der Waals surface area contributed by atoms with Crippen LogP contribution in [0.25, 0.3) is 11.0 Å². The number of aromatic nitrogens is 2. The molecule has 0 spiro atoms. The first-order valence-corrected chi connectivity index (χ1v) is 10.4. The van der Waals surface area contributed by atoms with E-state index in [1.807, 2.05) is 0 Å². The first-order valence-electron chi connectivity index (χ1n) is 10.4. The van der Waals surface area contributed by atoms with Gasteiger partial charge in [0.1, 0.15) is 5.82 Å². The molecule has 0 bridgehead atoms. The predicted molar refractivity (Wildman–Crippen MR) is 110 cm³/mol. The molecule has 6 rings (SSSR count). The maximum atomic E-state index is 13.2. The number of rotatable bonds is 4. The highest BCUT2D eigenvalue weighted by atomic mass is 19.1. The van der Waals surface area contributed by atoms with Crippen LogP contribution in [0.5, 0.6) is 0 Å². The first-order chi connectivity index (χ1) is 13.7. The number of nitrogens with zero attached hydrogens (tertiary/aromatic N) is 4. The molecule has 4 nitrogen and oxygen atoms in total. The van der Waals surface area contributed by atoms with E-state index in [0.717, 1.165) is 24.6 Å². The Kier molecular flexibility index (Phi) is 4.87. The number of hydrogen-bond acceptors (Lipinski definition) is 3. The normalized spacial score (nSPS) is 23.0. The standard InChI is InChI=1S/C19H20FN3.C4H7N/c20-17-7-8-19-18(11-17)21-14-23(19)13-16-5-3-15(4-6-16)12-22-9-1-2-10-22;1-2-5-3-4(1)5/h3-8,11,14H,1-2,9-10,12-13H2;4H,1-3H2. The van der Waals surface area contributed by atoms with E-state index < -0.39 is 0 Å². The summed E-state index contributed by atoms with van der Waals surface area (Å²) < 4.78 is 15.3. The van der Waals surface area contributed by atoms with Crippen LogP contribution in [-0.4, -0.2) is 51.6 Å². The predicted octanol–water partition coefficient (Wildman–Crippen LogP) is 3.89. The molecule has 3 aromatic rings. The van der Waals surface area contributed by atoms with E-state index in [0.29, 0.717) is 5.52 Å². The van der Waals surface area contributed by atoms with Crippen LogP contribution in [0.2, 0.25) is 0 Å². The summed E-state index contributed by atoms with van der Waals surface area (Å²) in [7, 11) is 0. The topological polar surface area (TPSA) is 24.1 Å². The molecule has 0 saturated carbocycles. The Balaban J connectivity index is 0.000000291. The van der Waals surface area contributed by atoms with Crippen molar-refractivity contribution in [2.75, 3.05) is 26.2 Å². The Morgan fingerprint density at radius 2 is 1.64 bits per heavy atom. The van der Waals surface area contributed by atoms with Gasteiger partial charge < -0.3 is 4.57 Å². The molecule has 3 aliphatic rings. The molecule has 1 aromatic heterocycles. The Hall–Kier alpha value is -2.24. The van der Waals surface area contributed by atoms with Crippen molar-refractivity contribution in [3.63, 3.8) is 0 Å². The summed E-state index contributed by atoms with van der Waals surface area (Å²) >= 11 is 0. The molecule has 5 heteroatoms. The molecular formula is C23H27FN4. The molecule has 0 amide bonds. The molecule has 2 aromatic carbocycles.